The second-order valence-electron chi connectivity index (χ2n) is 5.22. The summed E-state index contributed by atoms with van der Waals surface area (Å²) in [5.74, 6) is -0.144. The number of nitrogens with zero attached hydrogens (tertiary/aromatic N) is 2. The number of aryl methyl sites for hydroxylation is 1. The maximum atomic E-state index is 12.5. The van der Waals surface area contributed by atoms with Crippen LogP contribution < -0.4 is 16.0 Å². The number of carbonyl (C=O) groups excluding carboxylic acids is 1. The Bertz CT molecular complexity index is 631. The molecule has 0 saturated heterocycles. The molecule has 1 heterocycles. The molecule has 1 amide bonds. The number of para-hydroxylation sites is 2. The highest BCUT2D eigenvalue weighted by Crippen LogP contribution is 2.24. The Balaban J connectivity index is 2.26. The van der Waals surface area contributed by atoms with Gasteiger partial charge in [0.15, 0.2) is 0 Å². The van der Waals surface area contributed by atoms with Crippen molar-refractivity contribution in [3.63, 3.8) is 0 Å². The van der Waals surface area contributed by atoms with Crippen molar-refractivity contribution in [1.82, 2.24) is 4.57 Å². The van der Waals surface area contributed by atoms with Gasteiger partial charge in [0.05, 0.1) is 17.1 Å². The number of carbonyl (C=O) groups is 1. The van der Waals surface area contributed by atoms with E-state index in [1.54, 1.807) is 12.3 Å². The SMILES string of the molecule is CCCn1cc(N)cc1C(=O)Nc1ccccc1N(C)C. The minimum Gasteiger partial charge on any atom is -0.397 e. The Morgan fingerprint density at radius 2 is 2.05 bits per heavy atom. The van der Waals surface area contributed by atoms with Gasteiger partial charge in [-0.3, -0.25) is 4.79 Å². The molecule has 0 atom stereocenters. The van der Waals surface area contributed by atoms with E-state index in [-0.39, 0.29) is 5.91 Å². The van der Waals surface area contributed by atoms with Crippen LogP contribution in [0.3, 0.4) is 0 Å². The van der Waals surface area contributed by atoms with Crippen molar-refractivity contribution in [2.45, 2.75) is 19.9 Å². The number of rotatable bonds is 5. The highest BCUT2D eigenvalue weighted by molar-refractivity contribution is 6.05. The summed E-state index contributed by atoms with van der Waals surface area (Å²) >= 11 is 0. The lowest BCUT2D eigenvalue weighted by atomic mass is 10.2. The number of nitrogens with two attached hydrogens (primary N) is 1. The summed E-state index contributed by atoms with van der Waals surface area (Å²) < 4.78 is 1.89. The van der Waals surface area contributed by atoms with Crippen LogP contribution in [0.25, 0.3) is 0 Å². The Kier molecular flexibility index (Phi) is 4.52. The van der Waals surface area contributed by atoms with Gasteiger partial charge in [-0.2, -0.15) is 0 Å². The Hall–Kier alpha value is -2.43. The molecule has 0 bridgehead atoms. The molecule has 0 unspecified atom stereocenters. The number of hydrogen-bond acceptors (Lipinski definition) is 3. The number of nitrogens with one attached hydrogen (secondary N) is 1. The van der Waals surface area contributed by atoms with Gasteiger partial charge in [0, 0.05) is 26.8 Å². The van der Waals surface area contributed by atoms with E-state index in [2.05, 4.69) is 12.2 Å². The third kappa shape index (κ3) is 3.37. The van der Waals surface area contributed by atoms with Gasteiger partial charge in [0.2, 0.25) is 0 Å². The lowest BCUT2D eigenvalue weighted by Gasteiger charge is -2.18. The highest BCUT2D eigenvalue weighted by Gasteiger charge is 2.14. The zero-order valence-electron chi connectivity index (χ0n) is 12.8. The maximum absolute atomic E-state index is 12.5. The van der Waals surface area contributed by atoms with E-state index < -0.39 is 0 Å². The first-order chi connectivity index (χ1) is 10.0. The first kappa shape index (κ1) is 15.0. The Labute approximate surface area is 125 Å². The fourth-order valence-electron chi connectivity index (χ4n) is 2.31. The predicted molar refractivity (Wildman–Crippen MR) is 87.9 cm³/mol. The molecule has 21 heavy (non-hydrogen) atoms. The van der Waals surface area contributed by atoms with Gasteiger partial charge >= 0.3 is 0 Å². The molecule has 0 aliphatic heterocycles. The number of benzene rings is 1. The molecule has 5 heteroatoms. The summed E-state index contributed by atoms with van der Waals surface area (Å²) in [6.07, 6.45) is 2.75. The average Bonchev–Trinajstić information content (AvgIpc) is 2.80. The summed E-state index contributed by atoms with van der Waals surface area (Å²) in [7, 11) is 3.89. The predicted octanol–water partition coefficient (Wildman–Crippen LogP) is 2.80. The van der Waals surface area contributed by atoms with Crippen LogP contribution in [0, 0.1) is 0 Å². The first-order valence-electron chi connectivity index (χ1n) is 7.06. The summed E-state index contributed by atoms with van der Waals surface area (Å²) in [4.78, 5) is 14.5. The van der Waals surface area contributed by atoms with Crippen LogP contribution in [0.4, 0.5) is 17.1 Å². The van der Waals surface area contributed by atoms with E-state index >= 15 is 0 Å². The topological polar surface area (TPSA) is 63.3 Å². The van der Waals surface area contributed by atoms with Gasteiger partial charge in [-0.1, -0.05) is 19.1 Å². The fraction of sp³-hybridized carbons (Fsp3) is 0.312. The Morgan fingerprint density at radius 1 is 1.33 bits per heavy atom. The molecule has 112 valence electrons. The van der Waals surface area contributed by atoms with Gasteiger partial charge < -0.3 is 20.5 Å². The van der Waals surface area contributed by atoms with Crippen molar-refractivity contribution in [3.05, 3.63) is 42.2 Å². The molecule has 1 aromatic carbocycles. The van der Waals surface area contributed by atoms with Crippen molar-refractivity contribution < 1.29 is 4.79 Å². The molecule has 0 radical (unpaired) electrons. The van der Waals surface area contributed by atoms with Crippen molar-refractivity contribution in [3.8, 4) is 0 Å². The number of anilines is 3. The normalized spacial score (nSPS) is 10.4. The van der Waals surface area contributed by atoms with Crippen LogP contribution in [0.5, 0.6) is 0 Å². The third-order valence-electron chi connectivity index (χ3n) is 3.25. The molecule has 0 spiro atoms. The standard InChI is InChI=1S/C16H22N4O/c1-4-9-20-11-12(17)10-15(20)16(21)18-13-7-5-6-8-14(13)19(2)3/h5-8,10-11H,4,9,17H2,1-3H3,(H,18,21). The van der Waals surface area contributed by atoms with E-state index in [0.29, 0.717) is 11.4 Å². The van der Waals surface area contributed by atoms with Gasteiger partial charge in [0.25, 0.3) is 5.91 Å². The quantitative estimate of drug-likeness (QED) is 0.888. The summed E-state index contributed by atoms with van der Waals surface area (Å²) in [6.45, 7) is 2.84. The van der Waals surface area contributed by atoms with Crippen LogP contribution in [0.2, 0.25) is 0 Å². The van der Waals surface area contributed by atoms with Crippen molar-refractivity contribution >= 4 is 23.0 Å². The summed E-state index contributed by atoms with van der Waals surface area (Å²) in [5, 5.41) is 2.96. The van der Waals surface area contributed by atoms with Crippen LogP contribution >= 0.6 is 0 Å². The maximum Gasteiger partial charge on any atom is 0.272 e. The molecule has 0 aliphatic carbocycles. The van der Waals surface area contributed by atoms with Crippen molar-refractivity contribution in [2.24, 2.45) is 0 Å². The van der Waals surface area contributed by atoms with Gasteiger partial charge in [-0.05, 0) is 24.6 Å². The average molecular weight is 286 g/mol. The van der Waals surface area contributed by atoms with E-state index in [4.69, 9.17) is 5.73 Å². The number of amides is 1. The second-order valence-corrected chi connectivity index (χ2v) is 5.22. The largest absolute Gasteiger partial charge is 0.397 e. The molecule has 1 aromatic heterocycles. The minimum atomic E-state index is -0.144. The zero-order chi connectivity index (χ0) is 15.4. The van der Waals surface area contributed by atoms with E-state index in [1.165, 1.54) is 0 Å². The zero-order valence-corrected chi connectivity index (χ0v) is 12.8. The molecular formula is C16H22N4O. The monoisotopic (exact) mass is 286 g/mol. The Morgan fingerprint density at radius 3 is 2.71 bits per heavy atom. The van der Waals surface area contributed by atoms with Crippen molar-refractivity contribution in [2.75, 3.05) is 30.0 Å². The lowest BCUT2D eigenvalue weighted by molar-refractivity contribution is 0.101. The molecule has 3 N–H and O–H groups in total. The molecule has 0 saturated carbocycles. The molecule has 2 aromatic rings. The smallest absolute Gasteiger partial charge is 0.272 e. The van der Waals surface area contributed by atoms with Crippen LogP contribution in [-0.4, -0.2) is 24.6 Å². The molecule has 0 aliphatic rings. The van der Waals surface area contributed by atoms with Crippen LogP contribution in [0.1, 0.15) is 23.8 Å². The molecular weight excluding hydrogens is 264 g/mol. The molecule has 2 rings (SSSR count). The third-order valence-corrected chi connectivity index (χ3v) is 3.25. The van der Waals surface area contributed by atoms with Crippen molar-refractivity contribution in [1.29, 1.82) is 0 Å². The fourth-order valence-corrected chi connectivity index (χ4v) is 2.31. The highest BCUT2D eigenvalue weighted by atomic mass is 16.2. The number of aromatic nitrogens is 1. The van der Waals surface area contributed by atoms with Gasteiger partial charge in [0.1, 0.15) is 5.69 Å². The summed E-state index contributed by atoms with van der Waals surface area (Å²) in [5.41, 5.74) is 8.75. The van der Waals surface area contributed by atoms with Crippen LogP contribution in [-0.2, 0) is 6.54 Å². The minimum absolute atomic E-state index is 0.144. The van der Waals surface area contributed by atoms with Crippen LogP contribution in [0.15, 0.2) is 36.5 Å². The van der Waals surface area contributed by atoms with E-state index in [9.17, 15) is 4.79 Å². The number of nitrogen functional groups attached to an aromatic ring is 1. The number of hydrogen-bond donors (Lipinski definition) is 2. The molecule has 5 nitrogen and oxygen atoms in total. The van der Waals surface area contributed by atoms with E-state index in [1.807, 2.05) is 47.8 Å². The van der Waals surface area contributed by atoms with Gasteiger partial charge in [-0.25, -0.2) is 0 Å². The molecule has 0 fully saturated rings. The summed E-state index contributed by atoms with van der Waals surface area (Å²) in [6, 6.07) is 9.42. The first-order valence-corrected chi connectivity index (χ1v) is 7.06. The van der Waals surface area contributed by atoms with Gasteiger partial charge in [-0.15, -0.1) is 0 Å². The van der Waals surface area contributed by atoms with E-state index in [0.717, 1.165) is 24.3 Å². The lowest BCUT2D eigenvalue weighted by Crippen LogP contribution is -2.19. The second kappa shape index (κ2) is 6.35.